The van der Waals surface area contributed by atoms with E-state index in [0.717, 1.165) is 24.0 Å². The number of hydrogen-bond acceptors (Lipinski definition) is 9. The Hall–Kier alpha value is -4.09. The number of carbonyl (C=O) groups is 1. The molecule has 1 N–H and O–H groups in total. The van der Waals surface area contributed by atoms with Gasteiger partial charge in [0.15, 0.2) is 5.78 Å². The maximum atomic E-state index is 13.5. The molecule has 0 spiro atoms. The van der Waals surface area contributed by atoms with E-state index in [1.807, 2.05) is 18.2 Å². The SMILES string of the molecule is COc1cc2ncnc(Nc3ccc(OCc4cccc(F)c4)c(Cl)c3)c2cc1CC(=O)/C=C/CN1CC2OCCOC2C1. The number of ketones is 1. The predicted octanol–water partition coefficient (Wildman–Crippen LogP) is 5.52. The van der Waals surface area contributed by atoms with Gasteiger partial charge < -0.3 is 24.3 Å². The molecule has 2 aliphatic heterocycles. The third-order valence-corrected chi connectivity index (χ3v) is 7.88. The molecule has 3 heterocycles. The third-order valence-electron chi connectivity index (χ3n) is 7.59. The molecule has 6 rings (SSSR count). The lowest BCUT2D eigenvalue weighted by molar-refractivity contribution is -0.116. The summed E-state index contributed by atoms with van der Waals surface area (Å²) in [7, 11) is 1.57. The number of likely N-dealkylation sites (tertiary alicyclic amines) is 1. The minimum absolute atomic E-state index is 0.0428. The molecule has 0 saturated carbocycles. The Kier molecular flexibility index (Phi) is 9.32. The van der Waals surface area contributed by atoms with Crippen molar-refractivity contribution < 1.29 is 28.1 Å². The molecule has 2 aliphatic rings. The van der Waals surface area contributed by atoms with E-state index in [4.69, 9.17) is 30.5 Å². The van der Waals surface area contributed by atoms with Crippen molar-refractivity contribution in [3.05, 3.63) is 95.0 Å². The van der Waals surface area contributed by atoms with Gasteiger partial charge in [-0.1, -0.05) is 29.8 Å². The van der Waals surface area contributed by atoms with Crippen LogP contribution in [-0.4, -0.2) is 72.8 Å². The Labute approximate surface area is 259 Å². The zero-order valence-electron chi connectivity index (χ0n) is 24.2. The zero-order chi connectivity index (χ0) is 30.5. The van der Waals surface area contributed by atoms with E-state index in [1.54, 1.807) is 43.5 Å². The van der Waals surface area contributed by atoms with Gasteiger partial charge in [0.05, 0.1) is 43.1 Å². The van der Waals surface area contributed by atoms with Gasteiger partial charge >= 0.3 is 0 Å². The Morgan fingerprint density at radius 1 is 1.09 bits per heavy atom. The van der Waals surface area contributed by atoms with Crippen LogP contribution in [0.25, 0.3) is 10.9 Å². The molecule has 0 amide bonds. The van der Waals surface area contributed by atoms with Crippen LogP contribution in [-0.2, 0) is 27.3 Å². The number of benzene rings is 3. The summed E-state index contributed by atoms with van der Waals surface area (Å²) in [6.07, 6.45) is 5.33. The molecule has 2 atom stereocenters. The third kappa shape index (κ3) is 7.16. The normalized spacial score (nSPS) is 18.4. The van der Waals surface area contributed by atoms with Crippen LogP contribution in [0, 0.1) is 5.82 Å². The van der Waals surface area contributed by atoms with Gasteiger partial charge in [-0.2, -0.15) is 0 Å². The van der Waals surface area contributed by atoms with E-state index in [1.165, 1.54) is 18.5 Å². The fourth-order valence-electron chi connectivity index (χ4n) is 5.44. The second kappa shape index (κ2) is 13.7. The highest BCUT2D eigenvalue weighted by Crippen LogP contribution is 2.33. The summed E-state index contributed by atoms with van der Waals surface area (Å²) in [4.78, 5) is 24.0. The molecule has 0 radical (unpaired) electrons. The second-order valence-corrected chi connectivity index (χ2v) is 11.1. The maximum Gasteiger partial charge on any atom is 0.159 e. The average Bonchev–Trinajstić information content (AvgIpc) is 3.43. The van der Waals surface area contributed by atoms with Crippen molar-refractivity contribution in [3.63, 3.8) is 0 Å². The lowest BCUT2D eigenvalue weighted by Crippen LogP contribution is -2.36. The van der Waals surface area contributed by atoms with E-state index < -0.39 is 0 Å². The fraction of sp³-hybridized carbons (Fsp3) is 0.303. The minimum Gasteiger partial charge on any atom is -0.496 e. The zero-order valence-corrected chi connectivity index (χ0v) is 24.9. The number of carbonyl (C=O) groups excluding carboxylic acids is 1. The van der Waals surface area contributed by atoms with Crippen LogP contribution in [0.3, 0.4) is 0 Å². The number of aromatic nitrogens is 2. The highest BCUT2D eigenvalue weighted by Gasteiger charge is 2.35. The fourth-order valence-corrected chi connectivity index (χ4v) is 5.68. The molecule has 4 aromatic rings. The van der Waals surface area contributed by atoms with Crippen molar-refractivity contribution in [1.29, 1.82) is 0 Å². The number of halogens is 2. The Bertz CT molecular complexity index is 1670. The Morgan fingerprint density at radius 2 is 1.91 bits per heavy atom. The highest BCUT2D eigenvalue weighted by atomic mass is 35.5. The van der Waals surface area contributed by atoms with Crippen molar-refractivity contribution >= 4 is 39.8 Å². The van der Waals surface area contributed by atoms with Gasteiger partial charge in [0.2, 0.25) is 0 Å². The molecule has 228 valence electrons. The summed E-state index contributed by atoms with van der Waals surface area (Å²) in [6.45, 7) is 3.70. The number of rotatable bonds is 11. The summed E-state index contributed by atoms with van der Waals surface area (Å²) in [5.74, 6) is 1.23. The number of nitrogens with one attached hydrogen (secondary N) is 1. The van der Waals surface area contributed by atoms with Gasteiger partial charge in [-0.05, 0) is 48.0 Å². The summed E-state index contributed by atoms with van der Waals surface area (Å²) < 4.78 is 36.4. The van der Waals surface area contributed by atoms with Gasteiger partial charge in [0, 0.05) is 48.8 Å². The van der Waals surface area contributed by atoms with Gasteiger partial charge in [0.25, 0.3) is 0 Å². The van der Waals surface area contributed by atoms with Crippen LogP contribution in [0.2, 0.25) is 5.02 Å². The first-order chi connectivity index (χ1) is 21.4. The van der Waals surface area contributed by atoms with Crippen molar-refractivity contribution in [2.75, 3.05) is 45.3 Å². The number of fused-ring (bicyclic) bond motifs is 2. The first-order valence-electron chi connectivity index (χ1n) is 14.4. The molecule has 2 saturated heterocycles. The van der Waals surface area contributed by atoms with Crippen LogP contribution >= 0.6 is 11.6 Å². The lowest BCUT2D eigenvalue weighted by atomic mass is 10.0. The standard InChI is InChI=1S/C33H32ClFN4O5/c1-41-30-16-28-26(14-22(30)13-25(40)6-3-9-39-17-31-32(18-39)43-11-10-42-31)33(37-20-36-28)38-24-7-8-29(27(34)15-24)44-19-21-4-2-5-23(35)12-21/h2-8,12,14-16,20,31-32H,9-11,13,17-19H2,1H3,(H,36,37,38)/b6-3+. The van der Waals surface area contributed by atoms with Crippen molar-refractivity contribution in [3.8, 4) is 11.5 Å². The number of allylic oxidation sites excluding steroid dienone is 1. The van der Waals surface area contributed by atoms with E-state index in [-0.39, 0.29) is 36.8 Å². The molecule has 0 aliphatic carbocycles. The monoisotopic (exact) mass is 618 g/mol. The molecule has 0 bridgehead atoms. The molecule has 1 aromatic heterocycles. The average molecular weight is 619 g/mol. The first kappa shape index (κ1) is 30.0. The Morgan fingerprint density at radius 3 is 2.66 bits per heavy atom. The lowest BCUT2D eigenvalue weighted by Gasteiger charge is -2.24. The largest absolute Gasteiger partial charge is 0.496 e. The summed E-state index contributed by atoms with van der Waals surface area (Å²) in [6, 6.07) is 15.2. The van der Waals surface area contributed by atoms with Crippen molar-refractivity contribution in [2.24, 2.45) is 0 Å². The van der Waals surface area contributed by atoms with Crippen LogP contribution in [0.4, 0.5) is 15.9 Å². The number of ether oxygens (including phenoxy) is 4. The summed E-state index contributed by atoms with van der Waals surface area (Å²) >= 11 is 6.50. The first-order valence-corrected chi connectivity index (χ1v) is 14.7. The second-order valence-electron chi connectivity index (χ2n) is 10.7. The van der Waals surface area contributed by atoms with Gasteiger partial charge in [-0.3, -0.25) is 9.69 Å². The molecule has 44 heavy (non-hydrogen) atoms. The van der Waals surface area contributed by atoms with Crippen molar-refractivity contribution in [1.82, 2.24) is 14.9 Å². The number of hydrogen-bond donors (Lipinski definition) is 1. The molecule has 3 aromatic carbocycles. The van der Waals surface area contributed by atoms with Crippen LogP contribution in [0.15, 0.2) is 73.1 Å². The van der Waals surface area contributed by atoms with Crippen LogP contribution in [0.1, 0.15) is 11.1 Å². The minimum atomic E-state index is -0.322. The molecule has 2 fully saturated rings. The molecule has 2 unspecified atom stereocenters. The molecular weight excluding hydrogens is 587 g/mol. The molecule has 9 nitrogen and oxygen atoms in total. The summed E-state index contributed by atoms with van der Waals surface area (Å²) in [5.41, 5.74) is 2.76. The number of methoxy groups -OCH3 is 1. The van der Waals surface area contributed by atoms with Gasteiger partial charge in [-0.25, -0.2) is 14.4 Å². The van der Waals surface area contributed by atoms with E-state index in [2.05, 4.69) is 20.2 Å². The quantitative estimate of drug-likeness (QED) is 0.218. The molecule has 11 heteroatoms. The smallest absolute Gasteiger partial charge is 0.159 e. The van der Waals surface area contributed by atoms with Crippen LogP contribution in [0.5, 0.6) is 11.5 Å². The van der Waals surface area contributed by atoms with E-state index in [0.29, 0.717) is 58.9 Å². The van der Waals surface area contributed by atoms with E-state index in [9.17, 15) is 9.18 Å². The highest BCUT2D eigenvalue weighted by molar-refractivity contribution is 6.32. The maximum absolute atomic E-state index is 13.5. The van der Waals surface area contributed by atoms with Gasteiger partial charge in [0.1, 0.15) is 36.1 Å². The molecular formula is C33H32ClFN4O5. The van der Waals surface area contributed by atoms with Crippen molar-refractivity contribution in [2.45, 2.75) is 25.2 Å². The summed E-state index contributed by atoms with van der Waals surface area (Å²) in [5, 5.41) is 4.41. The van der Waals surface area contributed by atoms with E-state index >= 15 is 0 Å². The van der Waals surface area contributed by atoms with Crippen LogP contribution < -0.4 is 14.8 Å². The topological polar surface area (TPSA) is 95.0 Å². The predicted molar refractivity (Wildman–Crippen MR) is 165 cm³/mol. The van der Waals surface area contributed by atoms with Gasteiger partial charge in [-0.15, -0.1) is 0 Å². The number of nitrogens with zero attached hydrogens (tertiary/aromatic N) is 3. The Balaban J connectivity index is 1.13. The number of anilines is 2.